The molecule has 1 aliphatic rings. The maximum absolute atomic E-state index is 11.2. The van der Waals surface area contributed by atoms with Crippen molar-refractivity contribution in [1.29, 1.82) is 0 Å². The number of aromatic nitrogens is 2. The Morgan fingerprint density at radius 3 is 2.76 bits per heavy atom. The Labute approximate surface area is 97.5 Å². The van der Waals surface area contributed by atoms with Crippen LogP contribution in [0.2, 0.25) is 0 Å². The first kappa shape index (κ1) is 11.6. The van der Waals surface area contributed by atoms with Gasteiger partial charge in [0.05, 0.1) is 24.0 Å². The van der Waals surface area contributed by atoms with Crippen LogP contribution in [0.25, 0.3) is 0 Å². The van der Waals surface area contributed by atoms with Crippen molar-refractivity contribution in [2.24, 2.45) is 5.92 Å². The minimum absolute atomic E-state index is 0.0199. The molecule has 92 valence electrons. The van der Waals surface area contributed by atoms with Crippen LogP contribution in [0.4, 0.5) is 5.69 Å². The van der Waals surface area contributed by atoms with Crippen LogP contribution in [-0.2, 0) is 9.53 Å². The fraction of sp³-hybridized carbons (Fsp3) is 0.600. The van der Waals surface area contributed by atoms with E-state index in [9.17, 15) is 14.9 Å². The Balaban J connectivity index is 2.04. The molecule has 0 N–H and O–H groups in total. The number of ether oxygens (including phenoxy) is 1. The summed E-state index contributed by atoms with van der Waals surface area (Å²) in [5, 5.41) is 14.8. The van der Waals surface area contributed by atoms with Crippen LogP contribution in [0.5, 0.6) is 0 Å². The van der Waals surface area contributed by atoms with Gasteiger partial charge in [0.15, 0.2) is 0 Å². The highest BCUT2D eigenvalue weighted by atomic mass is 16.6. The van der Waals surface area contributed by atoms with E-state index >= 15 is 0 Å². The number of hydrogen-bond donors (Lipinski definition) is 0. The van der Waals surface area contributed by atoms with Gasteiger partial charge < -0.3 is 4.74 Å². The predicted molar refractivity (Wildman–Crippen MR) is 57.4 cm³/mol. The fourth-order valence-corrected chi connectivity index (χ4v) is 2.00. The Hall–Kier alpha value is -1.92. The van der Waals surface area contributed by atoms with Gasteiger partial charge in [-0.2, -0.15) is 5.10 Å². The van der Waals surface area contributed by atoms with Gasteiger partial charge in [-0.3, -0.25) is 19.6 Å². The van der Waals surface area contributed by atoms with Crippen LogP contribution in [-0.4, -0.2) is 27.8 Å². The molecule has 0 radical (unpaired) electrons. The van der Waals surface area contributed by atoms with Gasteiger partial charge >= 0.3 is 11.7 Å². The number of rotatable bonds is 3. The zero-order chi connectivity index (χ0) is 12.6. The summed E-state index contributed by atoms with van der Waals surface area (Å²) in [6.07, 6.45) is 2.68. The normalized spacial score (nSPS) is 22.9. The summed E-state index contributed by atoms with van der Waals surface area (Å²) in [6, 6.07) is 0.0616. The molecule has 7 heteroatoms. The molecule has 1 fully saturated rings. The highest BCUT2D eigenvalue weighted by Crippen LogP contribution is 2.38. The van der Waals surface area contributed by atoms with E-state index < -0.39 is 4.92 Å². The molecular weight excluding hydrogens is 226 g/mol. The van der Waals surface area contributed by atoms with E-state index in [1.807, 2.05) is 0 Å². The third-order valence-electron chi connectivity index (χ3n) is 3.11. The molecule has 0 aliphatic heterocycles. The number of carbonyl (C=O) groups excluding carboxylic acids is 1. The van der Waals surface area contributed by atoms with Gasteiger partial charge in [0.25, 0.3) is 0 Å². The molecule has 1 aromatic rings. The molecule has 1 saturated carbocycles. The zero-order valence-electron chi connectivity index (χ0n) is 9.62. The standard InChI is InChI=1S/C10H13N3O4/c1-6-9(13(15)16)5-12(11-6)8-3-7(4-8)10(14)17-2/h5,7-8H,3-4H2,1-2H3. The fourth-order valence-electron chi connectivity index (χ4n) is 2.00. The Morgan fingerprint density at radius 1 is 1.65 bits per heavy atom. The number of nitro groups is 1. The van der Waals surface area contributed by atoms with Gasteiger partial charge in [0, 0.05) is 0 Å². The summed E-state index contributed by atoms with van der Waals surface area (Å²) in [6.45, 7) is 1.60. The van der Waals surface area contributed by atoms with Gasteiger partial charge in [-0.15, -0.1) is 0 Å². The lowest BCUT2D eigenvalue weighted by Gasteiger charge is -2.32. The molecule has 2 rings (SSSR count). The summed E-state index contributed by atoms with van der Waals surface area (Å²) < 4.78 is 6.20. The molecule has 1 heterocycles. The summed E-state index contributed by atoms with van der Waals surface area (Å²) in [5.74, 6) is -0.326. The molecule has 0 aromatic carbocycles. The molecule has 7 nitrogen and oxygen atoms in total. The quantitative estimate of drug-likeness (QED) is 0.449. The first-order valence-corrected chi connectivity index (χ1v) is 5.31. The number of nitrogens with zero attached hydrogens (tertiary/aromatic N) is 3. The Morgan fingerprint density at radius 2 is 2.29 bits per heavy atom. The second-order valence-corrected chi connectivity index (χ2v) is 4.18. The summed E-state index contributed by atoms with van der Waals surface area (Å²) >= 11 is 0. The third kappa shape index (κ3) is 2.00. The zero-order valence-corrected chi connectivity index (χ0v) is 9.62. The number of esters is 1. The van der Waals surface area contributed by atoms with E-state index in [2.05, 4.69) is 9.84 Å². The van der Waals surface area contributed by atoms with Gasteiger partial charge in [-0.25, -0.2) is 0 Å². The van der Waals surface area contributed by atoms with Crippen molar-refractivity contribution in [2.75, 3.05) is 7.11 Å². The van der Waals surface area contributed by atoms with E-state index in [4.69, 9.17) is 0 Å². The highest BCUT2D eigenvalue weighted by Gasteiger charge is 2.37. The van der Waals surface area contributed by atoms with Gasteiger partial charge in [-0.1, -0.05) is 0 Å². The molecule has 0 unspecified atom stereocenters. The van der Waals surface area contributed by atoms with E-state index in [0.717, 1.165) is 0 Å². The molecular formula is C10H13N3O4. The monoisotopic (exact) mass is 239 g/mol. The first-order chi connectivity index (χ1) is 8.02. The van der Waals surface area contributed by atoms with E-state index in [0.29, 0.717) is 18.5 Å². The topological polar surface area (TPSA) is 87.3 Å². The van der Waals surface area contributed by atoms with Crippen LogP contribution < -0.4 is 0 Å². The lowest BCUT2D eigenvalue weighted by Crippen LogP contribution is -2.33. The lowest BCUT2D eigenvalue weighted by molar-refractivity contribution is -0.385. The number of methoxy groups -OCH3 is 1. The van der Waals surface area contributed by atoms with E-state index in [-0.39, 0.29) is 23.6 Å². The van der Waals surface area contributed by atoms with Gasteiger partial charge in [0.1, 0.15) is 11.9 Å². The van der Waals surface area contributed by atoms with Crippen LogP contribution in [0, 0.1) is 23.0 Å². The molecule has 17 heavy (non-hydrogen) atoms. The SMILES string of the molecule is COC(=O)C1CC(n2cc([N+](=O)[O-])c(C)n2)C1. The number of carbonyl (C=O) groups is 1. The largest absolute Gasteiger partial charge is 0.469 e. The maximum atomic E-state index is 11.2. The molecule has 0 saturated heterocycles. The van der Waals surface area contributed by atoms with E-state index in [1.54, 1.807) is 11.6 Å². The molecule has 1 aromatic heterocycles. The van der Waals surface area contributed by atoms with Crippen LogP contribution in [0.3, 0.4) is 0 Å². The van der Waals surface area contributed by atoms with Crippen molar-refractivity contribution in [2.45, 2.75) is 25.8 Å². The van der Waals surface area contributed by atoms with Gasteiger partial charge in [0.2, 0.25) is 0 Å². The van der Waals surface area contributed by atoms with Crippen LogP contribution in [0.1, 0.15) is 24.6 Å². The Kier molecular flexibility index (Phi) is 2.83. The summed E-state index contributed by atoms with van der Waals surface area (Å²) in [7, 11) is 1.36. The first-order valence-electron chi connectivity index (χ1n) is 5.31. The second-order valence-electron chi connectivity index (χ2n) is 4.18. The number of aryl methyl sites for hydroxylation is 1. The van der Waals surface area contributed by atoms with Crippen molar-refractivity contribution in [3.05, 3.63) is 22.0 Å². The van der Waals surface area contributed by atoms with E-state index in [1.165, 1.54) is 13.3 Å². The maximum Gasteiger partial charge on any atom is 0.309 e. The molecule has 0 bridgehead atoms. The van der Waals surface area contributed by atoms with Crippen molar-refractivity contribution < 1.29 is 14.5 Å². The van der Waals surface area contributed by atoms with Crippen molar-refractivity contribution in [3.63, 3.8) is 0 Å². The average molecular weight is 239 g/mol. The third-order valence-corrected chi connectivity index (χ3v) is 3.11. The minimum atomic E-state index is -0.449. The van der Waals surface area contributed by atoms with Crippen molar-refractivity contribution in [1.82, 2.24) is 9.78 Å². The second kappa shape index (κ2) is 4.15. The predicted octanol–water partition coefficient (Wildman–Crippen LogP) is 1.22. The molecule has 0 atom stereocenters. The number of hydrogen-bond acceptors (Lipinski definition) is 5. The smallest absolute Gasteiger partial charge is 0.309 e. The van der Waals surface area contributed by atoms with Crippen LogP contribution >= 0.6 is 0 Å². The lowest BCUT2D eigenvalue weighted by atomic mass is 9.80. The van der Waals surface area contributed by atoms with Crippen molar-refractivity contribution >= 4 is 11.7 Å². The summed E-state index contributed by atoms with van der Waals surface area (Å²) in [5.41, 5.74) is 0.419. The highest BCUT2D eigenvalue weighted by molar-refractivity contribution is 5.73. The molecule has 0 spiro atoms. The van der Waals surface area contributed by atoms with Crippen molar-refractivity contribution in [3.8, 4) is 0 Å². The molecule has 0 amide bonds. The average Bonchev–Trinajstić information content (AvgIpc) is 2.57. The Bertz CT molecular complexity index is 462. The van der Waals surface area contributed by atoms with Gasteiger partial charge in [-0.05, 0) is 19.8 Å². The summed E-state index contributed by atoms with van der Waals surface area (Å²) in [4.78, 5) is 21.4. The van der Waals surface area contributed by atoms with Crippen LogP contribution in [0.15, 0.2) is 6.20 Å². The molecule has 1 aliphatic carbocycles. The minimum Gasteiger partial charge on any atom is -0.469 e.